The van der Waals surface area contributed by atoms with Crippen LogP contribution in [0.3, 0.4) is 0 Å². The number of imidazole rings is 1. The van der Waals surface area contributed by atoms with Crippen molar-refractivity contribution < 1.29 is 19.4 Å². The lowest BCUT2D eigenvalue weighted by atomic mass is 9.90. The third kappa shape index (κ3) is 3.64. The number of fused-ring (bicyclic) bond motifs is 1. The molecule has 1 amide bonds. The number of nitrogens with one attached hydrogen (secondary N) is 1. The van der Waals surface area contributed by atoms with E-state index in [1.807, 2.05) is 35.1 Å². The maximum Gasteiger partial charge on any atom is 0.329 e. The minimum Gasteiger partial charge on any atom is -0.480 e. The van der Waals surface area contributed by atoms with Crippen molar-refractivity contribution in [2.24, 2.45) is 0 Å². The lowest BCUT2D eigenvalue weighted by Crippen LogP contribution is -2.58. The van der Waals surface area contributed by atoms with Crippen LogP contribution in [0.1, 0.15) is 18.7 Å². The SMILES string of the molecule is CSCc1nc2ccccc2n1CC(=O)NC1(C(=O)O)CCOCC1. The van der Waals surface area contributed by atoms with Gasteiger partial charge in [0.25, 0.3) is 0 Å². The van der Waals surface area contributed by atoms with E-state index in [9.17, 15) is 14.7 Å². The van der Waals surface area contributed by atoms with Crippen molar-refractivity contribution in [2.75, 3.05) is 19.5 Å². The predicted molar refractivity (Wildman–Crippen MR) is 95.5 cm³/mol. The highest BCUT2D eigenvalue weighted by molar-refractivity contribution is 7.97. The van der Waals surface area contributed by atoms with Crippen LogP contribution in [-0.2, 0) is 26.6 Å². The average molecular weight is 363 g/mol. The van der Waals surface area contributed by atoms with Crippen molar-refractivity contribution in [2.45, 2.75) is 30.7 Å². The second kappa shape index (κ2) is 7.45. The molecule has 2 aromatic rings. The van der Waals surface area contributed by atoms with Gasteiger partial charge in [-0.3, -0.25) is 4.79 Å². The number of benzene rings is 1. The van der Waals surface area contributed by atoms with Gasteiger partial charge in [-0.1, -0.05) is 12.1 Å². The summed E-state index contributed by atoms with van der Waals surface area (Å²) in [6.07, 6.45) is 2.53. The zero-order valence-corrected chi connectivity index (χ0v) is 14.8. The van der Waals surface area contributed by atoms with Crippen molar-refractivity contribution in [3.05, 3.63) is 30.1 Å². The van der Waals surface area contributed by atoms with Crippen LogP contribution in [0, 0.1) is 0 Å². The van der Waals surface area contributed by atoms with Crippen LogP contribution in [-0.4, -0.2) is 51.5 Å². The number of ether oxygens (including phenoxy) is 1. The first kappa shape index (κ1) is 17.8. The Morgan fingerprint density at radius 3 is 2.76 bits per heavy atom. The number of thioether (sulfide) groups is 1. The molecule has 0 spiro atoms. The van der Waals surface area contributed by atoms with Gasteiger partial charge in [0, 0.05) is 26.1 Å². The Morgan fingerprint density at radius 2 is 2.08 bits per heavy atom. The molecule has 7 nitrogen and oxygen atoms in total. The number of rotatable bonds is 6. The Hall–Kier alpha value is -2.06. The third-order valence-corrected chi connectivity index (χ3v) is 4.99. The first-order valence-electron chi connectivity index (χ1n) is 8.11. The zero-order chi connectivity index (χ0) is 17.9. The van der Waals surface area contributed by atoms with Gasteiger partial charge in [0.1, 0.15) is 17.9 Å². The highest BCUT2D eigenvalue weighted by atomic mass is 32.2. The fourth-order valence-corrected chi connectivity index (χ4v) is 3.58. The average Bonchev–Trinajstić information content (AvgIpc) is 2.93. The summed E-state index contributed by atoms with van der Waals surface area (Å²) in [7, 11) is 0. The molecule has 0 atom stereocenters. The normalized spacial score (nSPS) is 16.7. The van der Waals surface area contributed by atoms with Gasteiger partial charge in [0.2, 0.25) is 5.91 Å². The van der Waals surface area contributed by atoms with E-state index < -0.39 is 11.5 Å². The van der Waals surface area contributed by atoms with E-state index in [4.69, 9.17) is 4.74 Å². The zero-order valence-electron chi connectivity index (χ0n) is 14.0. The van der Waals surface area contributed by atoms with Crippen LogP contribution in [0.2, 0.25) is 0 Å². The minimum atomic E-state index is -1.24. The van der Waals surface area contributed by atoms with E-state index in [0.717, 1.165) is 16.9 Å². The Labute approximate surface area is 149 Å². The molecule has 0 radical (unpaired) electrons. The van der Waals surface area contributed by atoms with E-state index in [0.29, 0.717) is 19.0 Å². The molecule has 3 rings (SSSR count). The molecule has 0 bridgehead atoms. The van der Waals surface area contributed by atoms with Crippen LogP contribution in [0.25, 0.3) is 11.0 Å². The van der Waals surface area contributed by atoms with Gasteiger partial charge in [0.15, 0.2) is 0 Å². The lowest BCUT2D eigenvalue weighted by Gasteiger charge is -2.34. The number of aromatic nitrogens is 2. The van der Waals surface area contributed by atoms with E-state index in [1.54, 1.807) is 11.8 Å². The number of aliphatic carboxylic acids is 1. The Balaban J connectivity index is 1.84. The van der Waals surface area contributed by atoms with Gasteiger partial charge < -0.3 is 19.7 Å². The molecular formula is C17H21N3O4S. The molecule has 25 heavy (non-hydrogen) atoms. The standard InChI is InChI=1S/C17H21N3O4S/c1-25-11-14-18-12-4-2-3-5-13(12)20(14)10-15(21)19-17(16(22)23)6-8-24-9-7-17/h2-5H,6-11H2,1H3,(H,19,21)(H,22,23). The highest BCUT2D eigenvalue weighted by Gasteiger charge is 2.41. The van der Waals surface area contributed by atoms with E-state index in [2.05, 4.69) is 10.3 Å². The molecule has 0 aliphatic carbocycles. The van der Waals surface area contributed by atoms with Gasteiger partial charge in [-0.05, 0) is 18.4 Å². The predicted octanol–water partition coefficient (Wildman–Crippen LogP) is 1.65. The number of carbonyl (C=O) groups is 2. The maximum atomic E-state index is 12.6. The van der Waals surface area contributed by atoms with Crippen molar-refractivity contribution in [3.63, 3.8) is 0 Å². The molecular weight excluding hydrogens is 342 g/mol. The summed E-state index contributed by atoms with van der Waals surface area (Å²) in [6, 6.07) is 7.63. The number of hydrogen-bond acceptors (Lipinski definition) is 5. The molecule has 2 heterocycles. The summed E-state index contributed by atoms with van der Waals surface area (Å²) in [5.41, 5.74) is 0.460. The third-order valence-electron chi connectivity index (χ3n) is 4.44. The van der Waals surface area contributed by atoms with Crippen LogP contribution in [0.15, 0.2) is 24.3 Å². The summed E-state index contributed by atoms with van der Waals surface area (Å²) < 4.78 is 7.10. The van der Waals surface area contributed by atoms with Crippen LogP contribution in [0.5, 0.6) is 0 Å². The number of hydrogen-bond donors (Lipinski definition) is 2. The molecule has 2 N–H and O–H groups in total. The molecule has 1 aliphatic heterocycles. The van der Waals surface area contributed by atoms with Gasteiger partial charge in [-0.25, -0.2) is 9.78 Å². The summed E-state index contributed by atoms with van der Waals surface area (Å²) in [6.45, 7) is 0.711. The molecule has 1 saturated heterocycles. The largest absolute Gasteiger partial charge is 0.480 e. The molecule has 134 valence electrons. The van der Waals surface area contributed by atoms with Crippen molar-refractivity contribution in [1.29, 1.82) is 0 Å². The number of carboxylic acids is 1. The van der Waals surface area contributed by atoms with Crippen molar-refractivity contribution >= 4 is 34.7 Å². The smallest absolute Gasteiger partial charge is 0.329 e. The molecule has 1 aromatic carbocycles. The van der Waals surface area contributed by atoms with Crippen molar-refractivity contribution in [1.82, 2.24) is 14.9 Å². The Kier molecular flexibility index (Phi) is 5.29. The molecule has 0 saturated carbocycles. The second-order valence-corrected chi connectivity index (χ2v) is 6.95. The number of carboxylic acid groups (broad SMARTS) is 1. The van der Waals surface area contributed by atoms with Gasteiger partial charge >= 0.3 is 5.97 Å². The summed E-state index contributed by atoms with van der Waals surface area (Å²) in [5, 5.41) is 12.3. The Bertz CT molecular complexity index is 783. The molecule has 0 unspecified atom stereocenters. The fraction of sp³-hybridized carbons (Fsp3) is 0.471. The number of nitrogens with zero attached hydrogens (tertiary/aromatic N) is 2. The van der Waals surface area contributed by atoms with Gasteiger partial charge in [0.05, 0.1) is 16.8 Å². The van der Waals surface area contributed by atoms with Crippen LogP contribution < -0.4 is 5.32 Å². The molecule has 1 aromatic heterocycles. The van der Waals surface area contributed by atoms with E-state index in [1.165, 1.54) is 0 Å². The quantitative estimate of drug-likeness (QED) is 0.811. The first-order chi connectivity index (χ1) is 12.1. The van der Waals surface area contributed by atoms with Crippen LogP contribution >= 0.6 is 11.8 Å². The first-order valence-corrected chi connectivity index (χ1v) is 9.50. The lowest BCUT2D eigenvalue weighted by molar-refractivity contribution is -0.152. The van der Waals surface area contributed by atoms with Crippen LogP contribution in [0.4, 0.5) is 0 Å². The monoisotopic (exact) mass is 363 g/mol. The number of amides is 1. The second-order valence-electron chi connectivity index (χ2n) is 6.08. The van der Waals surface area contributed by atoms with Gasteiger partial charge in [-0.2, -0.15) is 11.8 Å². The van der Waals surface area contributed by atoms with E-state index >= 15 is 0 Å². The Morgan fingerprint density at radius 1 is 1.36 bits per heavy atom. The minimum absolute atomic E-state index is 0.0479. The number of para-hydroxylation sites is 2. The molecule has 8 heteroatoms. The summed E-state index contributed by atoms with van der Waals surface area (Å²) in [5.74, 6) is 0.152. The van der Waals surface area contributed by atoms with Crippen molar-refractivity contribution in [3.8, 4) is 0 Å². The topological polar surface area (TPSA) is 93.5 Å². The number of carbonyl (C=O) groups excluding carboxylic acids is 1. The molecule has 1 aliphatic rings. The summed E-state index contributed by atoms with van der Waals surface area (Å²) >= 11 is 1.63. The fourth-order valence-electron chi connectivity index (χ4n) is 3.10. The molecule has 1 fully saturated rings. The summed E-state index contributed by atoms with van der Waals surface area (Å²) in [4.78, 5) is 28.9. The highest BCUT2D eigenvalue weighted by Crippen LogP contribution is 2.22. The maximum absolute atomic E-state index is 12.6. The van der Waals surface area contributed by atoms with Gasteiger partial charge in [-0.15, -0.1) is 0 Å². The van der Waals surface area contributed by atoms with E-state index in [-0.39, 0.29) is 25.3 Å².